The van der Waals surface area contributed by atoms with Crippen LogP contribution in [0.4, 0.5) is 4.39 Å². The van der Waals surface area contributed by atoms with Crippen LogP contribution in [0.15, 0.2) is 48.8 Å². The highest BCUT2D eigenvalue weighted by atomic mass is 35.5. The van der Waals surface area contributed by atoms with Gasteiger partial charge in [0.2, 0.25) is 0 Å². The van der Waals surface area contributed by atoms with Crippen LogP contribution in [-0.4, -0.2) is 9.97 Å². The molecule has 2 nitrogen and oxygen atoms in total. The minimum absolute atomic E-state index is 0.192. The van der Waals surface area contributed by atoms with Gasteiger partial charge >= 0.3 is 0 Å². The molecule has 122 valence electrons. The SMILES string of the molecule is CCC(C)(c1c[nH]c2cc(F)ccc12)c1c[nH]c2cc(Cl)ccc12. The highest BCUT2D eigenvalue weighted by Crippen LogP contribution is 2.42. The summed E-state index contributed by atoms with van der Waals surface area (Å²) in [6.45, 7) is 4.41. The first-order valence-corrected chi connectivity index (χ1v) is 8.45. The molecule has 0 aliphatic rings. The maximum absolute atomic E-state index is 13.5. The molecule has 0 aliphatic heterocycles. The molecule has 0 aliphatic carbocycles. The molecule has 0 radical (unpaired) electrons. The van der Waals surface area contributed by atoms with Crippen molar-refractivity contribution < 1.29 is 4.39 Å². The van der Waals surface area contributed by atoms with E-state index in [4.69, 9.17) is 11.6 Å². The van der Waals surface area contributed by atoms with E-state index >= 15 is 0 Å². The largest absolute Gasteiger partial charge is 0.361 e. The van der Waals surface area contributed by atoms with Gasteiger partial charge in [-0.1, -0.05) is 31.5 Å². The fraction of sp³-hybridized carbons (Fsp3) is 0.200. The summed E-state index contributed by atoms with van der Waals surface area (Å²) in [6.07, 6.45) is 4.99. The highest BCUT2D eigenvalue weighted by Gasteiger charge is 2.32. The van der Waals surface area contributed by atoms with Gasteiger partial charge in [0.15, 0.2) is 0 Å². The minimum Gasteiger partial charge on any atom is -0.361 e. The maximum atomic E-state index is 13.5. The lowest BCUT2D eigenvalue weighted by atomic mass is 9.74. The molecule has 0 bridgehead atoms. The van der Waals surface area contributed by atoms with E-state index in [1.165, 1.54) is 22.6 Å². The van der Waals surface area contributed by atoms with Gasteiger partial charge in [0.1, 0.15) is 5.82 Å². The van der Waals surface area contributed by atoms with Crippen molar-refractivity contribution in [1.29, 1.82) is 0 Å². The van der Waals surface area contributed by atoms with Gasteiger partial charge in [-0.25, -0.2) is 4.39 Å². The van der Waals surface area contributed by atoms with Gasteiger partial charge in [0, 0.05) is 44.6 Å². The number of halogens is 2. The van der Waals surface area contributed by atoms with Crippen LogP contribution in [0.1, 0.15) is 31.4 Å². The van der Waals surface area contributed by atoms with E-state index < -0.39 is 0 Å². The number of aromatic amines is 2. The monoisotopic (exact) mass is 340 g/mol. The van der Waals surface area contributed by atoms with E-state index in [9.17, 15) is 4.39 Å². The van der Waals surface area contributed by atoms with Crippen LogP contribution < -0.4 is 0 Å². The number of rotatable bonds is 3. The quantitative estimate of drug-likeness (QED) is 0.447. The first-order valence-electron chi connectivity index (χ1n) is 8.07. The molecule has 4 rings (SSSR count). The molecule has 0 saturated heterocycles. The van der Waals surface area contributed by atoms with Crippen molar-refractivity contribution in [2.24, 2.45) is 0 Å². The molecular formula is C20H18ClFN2. The standard InChI is InChI=1S/C20H18ClFN2/c1-3-20(2,16-10-23-18-8-12(21)4-6-14(16)18)17-11-24-19-9-13(22)5-7-15(17)19/h4-11,23-24H,3H2,1-2H3. The lowest BCUT2D eigenvalue weighted by Gasteiger charge is -2.28. The fourth-order valence-corrected chi connectivity index (χ4v) is 3.81. The third-order valence-corrected chi connectivity index (χ3v) is 5.42. The molecule has 4 heteroatoms. The molecule has 0 amide bonds. The molecule has 2 aromatic heterocycles. The van der Waals surface area contributed by atoms with Crippen molar-refractivity contribution in [3.05, 3.63) is 70.8 Å². The molecule has 0 saturated carbocycles. The predicted octanol–water partition coefficient (Wildman–Crippen LogP) is 6.16. The van der Waals surface area contributed by atoms with Crippen LogP contribution in [0, 0.1) is 5.82 Å². The second kappa shape index (κ2) is 5.38. The van der Waals surface area contributed by atoms with Crippen molar-refractivity contribution in [3.63, 3.8) is 0 Å². The number of aromatic nitrogens is 2. The lowest BCUT2D eigenvalue weighted by molar-refractivity contribution is 0.559. The van der Waals surface area contributed by atoms with Gasteiger partial charge in [-0.2, -0.15) is 0 Å². The second-order valence-electron chi connectivity index (χ2n) is 6.47. The first kappa shape index (κ1) is 15.3. The summed E-state index contributed by atoms with van der Waals surface area (Å²) >= 11 is 6.11. The van der Waals surface area contributed by atoms with Crippen LogP contribution in [0.3, 0.4) is 0 Å². The van der Waals surface area contributed by atoms with E-state index in [0.29, 0.717) is 0 Å². The van der Waals surface area contributed by atoms with Gasteiger partial charge in [0.05, 0.1) is 0 Å². The smallest absolute Gasteiger partial charge is 0.125 e. The molecule has 1 atom stereocenters. The molecule has 2 heterocycles. The van der Waals surface area contributed by atoms with Crippen molar-refractivity contribution in [1.82, 2.24) is 9.97 Å². The van der Waals surface area contributed by atoms with E-state index in [2.05, 4.69) is 36.1 Å². The third-order valence-electron chi connectivity index (χ3n) is 5.18. The van der Waals surface area contributed by atoms with Crippen molar-refractivity contribution >= 4 is 33.4 Å². The minimum atomic E-state index is -0.226. The predicted molar refractivity (Wildman–Crippen MR) is 98.3 cm³/mol. The zero-order chi connectivity index (χ0) is 16.9. The summed E-state index contributed by atoms with van der Waals surface area (Å²) < 4.78 is 13.5. The summed E-state index contributed by atoms with van der Waals surface area (Å²) in [7, 11) is 0. The molecule has 1 unspecified atom stereocenters. The van der Waals surface area contributed by atoms with Crippen LogP contribution in [-0.2, 0) is 5.41 Å². The Kier molecular flexibility index (Phi) is 3.43. The summed E-state index contributed by atoms with van der Waals surface area (Å²) in [4.78, 5) is 6.55. The Bertz CT molecular complexity index is 964. The van der Waals surface area contributed by atoms with Crippen LogP contribution >= 0.6 is 11.6 Å². The van der Waals surface area contributed by atoms with Crippen LogP contribution in [0.5, 0.6) is 0 Å². The number of fused-ring (bicyclic) bond motifs is 2. The van der Waals surface area contributed by atoms with Crippen molar-refractivity contribution in [2.45, 2.75) is 25.7 Å². The molecule has 2 aromatic carbocycles. The average molecular weight is 341 g/mol. The Morgan fingerprint density at radius 2 is 1.54 bits per heavy atom. The molecule has 2 N–H and O–H groups in total. The zero-order valence-electron chi connectivity index (χ0n) is 13.6. The molecule has 0 spiro atoms. The van der Waals surface area contributed by atoms with E-state index in [1.54, 1.807) is 6.07 Å². The molecule has 4 aromatic rings. The fourth-order valence-electron chi connectivity index (χ4n) is 3.64. The summed E-state index contributed by atoms with van der Waals surface area (Å²) in [6, 6.07) is 10.8. The van der Waals surface area contributed by atoms with E-state index in [-0.39, 0.29) is 11.2 Å². The highest BCUT2D eigenvalue weighted by molar-refractivity contribution is 6.31. The topological polar surface area (TPSA) is 31.6 Å². The summed E-state index contributed by atoms with van der Waals surface area (Å²) in [5.41, 5.74) is 4.07. The van der Waals surface area contributed by atoms with Gasteiger partial charge in [-0.15, -0.1) is 0 Å². The third kappa shape index (κ3) is 2.15. The average Bonchev–Trinajstić information content (AvgIpc) is 3.17. The number of nitrogens with one attached hydrogen (secondary N) is 2. The van der Waals surface area contributed by atoms with Crippen molar-refractivity contribution in [3.8, 4) is 0 Å². The molecule has 0 fully saturated rings. The van der Waals surface area contributed by atoms with Gasteiger partial charge < -0.3 is 9.97 Å². The number of hydrogen-bond acceptors (Lipinski definition) is 0. The number of hydrogen-bond donors (Lipinski definition) is 2. The Morgan fingerprint density at radius 1 is 0.958 bits per heavy atom. The second-order valence-corrected chi connectivity index (χ2v) is 6.91. The summed E-state index contributed by atoms with van der Waals surface area (Å²) in [5, 5.41) is 2.95. The lowest BCUT2D eigenvalue weighted by Crippen LogP contribution is -2.21. The van der Waals surface area contributed by atoms with E-state index in [0.717, 1.165) is 27.9 Å². The van der Waals surface area contributed by atoms with Gasteiger partial charge in [-0.3, -0.25) is 0 Å². The van der Waals surface area contributed by atoms with Crippen LogP contribution in [0.25, 0.3) is 21.8 Å². The van der Waals surface area contributed by atoms with Crippen LogP contribution in [0.2, 0.25) is 5.02 Å². The number of benzene rings is 2. The van der Waals surface area contributed by atoms with E-state index in [1.807, 2.05) is 24.4 Å². The Balaban J connectivity index is 1.97. The normalized spacial score (nSPS) is 14.3. The Labute approximate surface area is 144 Å². The first-order chi connectivity index (χ1) is 11.5. The molecule has 24 heavy (non-hydrogen) atoms. The summed E-state index contributed by atoms with van der Waals surface area (Å²) in [5.74, 6) is -0.226. The van der Waals surface area contributed by atoms with Gasteiger partial charge in [0.25, 0.3) is 0 Å². The number of H-pyrrole nitrogens is 2. The Morgan fingerprint density at radius 3 is 2.17 bits per heavy atom. The van der Waals surface area contributed by atoms with Gasteiger partial charge in [-0.05, 0) is 47.9 Å². The maximum Gasteiger partial charge on any atom is 0.125 e. The molecular weight excluding hydrogens is 323 g/mol. The Hall–Kier alpha value is -2.26. The zero-order valence-corrected chi connectivity index (χ0v) is 14.3. The van der Waals surface area contributed by atoms with Crippen molar-refractivity contribution in [2.75, 3.05) is 0 Å².